The van der Waals surface area contributed by atoms with Crippen molar-refractivity contribution >= 4 is 5.78 Å². The van der Waals surface area contributed by atoms with E-state index in [9.17, 15) is 9.90 Å². The Morgan fingerprint density at radius 1 is 0.766 bits per heavy atom. The molecule has 0 aliphatic heterocycles. The fourth-order valence-electron chi connectivity index (χ4n) is 11.9. The van der Waals surface area contributed by atoms with E-state index in [1.54, 1.807) is 5.57 Å². The number of Topliss-reactive ketones (excluding diaryl/α,β-unsaturated/α-hetero) is 1. The van der Waals surface area contributed by atoms with Crippen LogP contribution in [-0.4, -0.2) is 17.0 Å². The Kier molecular flexibility index (Phi) is 16.4. The summed E-state index contributed by atoms with van der Waals surface area (Å²) in [6.45, 7) is 12.4. The number of fused-ring (bicyclic) bond motifs is 5. The molecule has 1 N–H and O–H groups in total. The Morgan fingerprint density at radius 3 is 2.02 bits per heavy atom. The van der Waals surface area contributed by atoms with Crippen molar-refractivity contribution in [3.8, 4) is 0 Å². The van der Waals surface area contributed by atoms with Crippen LogP contribution in [0.15, 0.2) is 11.6 Å². The summed E-state index contributed by atoms with van der Waals surface area (Å²) in [7, 11) is 0. The van der Waals surface area contributed by atoms with Gasteiger partial charge in [-0.05, 0) is 104 Å². The highest BCUT2D eigenvalue weighted by Gasteiger charge is 2.59. The second-order valence-corrected chi connectivity index (χ2v) is 18.3. The zero-order valence-electron chi connectivity index (χ0n) is 32.3. The van der Waals surface area contributed by atoms with E-state index in [1.807, 2.05) is 0 Å². The molecule has 2 nitrogen and oxygen atoms in total. The first-order valence-electron chi connectivity index (χ1n) is 21.6. The molecule has 4 aliphatic carbocycles. The van der Waals surface area contributed by atoms with Gasteiger partial charge in [0.1, 0.15) is 5.78 Å². The van der Waals surface area contributed by atoms with Crippen molar-refractivity contribution in [3.05, 3.63) is 11.6 Å². The van der Waals surface area contributed by atoms with E-state index in [0.717, 1.165) is 61.7 Å². The molecular weight excluding hydrogens is 572 g/mol. The molecule has 3 fully saturated rings. The Hall–Kier alpha value is -0.630. The van der Waals surface area contributed by atoms with Gasteiger partial charge in [0.05, 0.1) is 6.10 Å². The van der Waals surface area contributed by atoms with Crippen LogP contribution in [0.2, 0.25) is 0 Å². The van der Waals surface area contributed by atoms with Crippen molar-refractivity contribution in [1.82, 2.24) is 0 Å². The molecule has 0 radical (unpaired) electrons. The minimum atomic E-state index is -0.101. The van der Waals surface area contributed by atoms with Gasteiger partial charge >= 0.3 is 0 Å². The van der Waals surface area contributed by atoms with Gasteiger partial charge < -0.3 is 5.11 Å². The van der Waals surface area contributed by atoms with E-state index in [4.69, 9.17) is 0 Å². The molecule has 47 heavy (non-hydrogen) atoms. The zero-order chi connectivity index (χ0) is 33.7. The van der Waals surface area contributed by atoms with Gasteiger partial charge in [-0.1, -0.05) is 155 Å². The number of hydrogen-bond acceptors (Lipinski definition) is 2. The molecule has 0 saturated heterocycles. The first-order valence-corrected chi connectivity index (χ1v) is 21.6. The number of aliphatic hydroxyl groups excluding tert-OH is 1. The van der Waals surface area contributed by atoms with Crippen molar-refractivity contribution in [2.24, 2.45) is 46.3 Å². The highest BCUT2D eigenvalue weighted by Crippen LogP contribution is 2.67. The summed E-state index contributed by atoms with van der Waals surface area (Å²) < 4.78 is 0. The van der Waals surface area contributed by atoms with Crippen LogP contribution in [0.4, 0.5) is 0 Å². The lowest BCUT2D eigenvalue weighted by molar-refractivity contribution is -0.120. The predicted molar refractivity (Wildman–Crippen MR) is 203 cm³/mol. The fraction of sp³-hybridized carbons (Fsp3) is 0.933. The van der Waals surface area contributed by atoms with Gasteiger partial charge in [0.2, 0.25) is 0 Å². The lowest BCUT2D eigenvalue weighted by atomic mass is 9.47. The van der Waals surface area contributed by atoms with Crippen molar-refractivity contribution in [2.45, 2.75) is 221 Å². The van der Waals surface area contributed by atoms with Crippen LogP contribution in [-0.2, 0) is 4.79 Å². The number of rotatable bonds is 23. The summed E-state index contributed by atoms with van der Waals surface area (Å²) >= 11 is 0. The smallest absolute Gasteiger partial charge is 0.133 e. The number of allylic oxidation sites excluding steroid dienone is 1. The molecule has 2 unspecified atom stereocenters. The van der Waals surface area contributed by atoms with Gasteiger partial charge in [0.15, 0.2) is 0 Å². The van der Waals surface area contributed by atoms with Crippen LogP contribution in [0.3, 0.4) is 0 Å². The van der Waals surface area contributed by atoms with E-state index in [1.165, 1.54) is 148 Å². The van der Waals surface area contributed by atoms with Crippen LogP contribution >= 0.6 is 0 Å². The number of carbonyl (C=O) groups excluding carboxylic acids is 1. The van der Waals surface area contributed by atoms with Crippen LogP contribution in [0.5, 0.6) is 0 Å². The topological polar surface area (TPSA) is 37.3 Å². The van der Waals surface area contributed by atoms with Gasteiger partial charge in [-0.15, -0.1) is 0 Å². The van der Waals surface area contributed by atoms with Crippen LogP contribution < -0.4 is 0 Å². The molecular formula is C45H80O2. The minimum absolute atomic E-state index is 0.101. The third-order valence-electron chi connectivity index (χ3n) is 14.8. The maximum Gasteiger partial charge on any atom is 0.133 e. The first kappa shape index (κ1) is 39.2. The molecule has 9 atom stereocenters. The maximum atomic E-state index is 12.7. The number of ketones is 1. The van der Waals surface area contributed by atoms with Crippen LogP contribution in [0.25, 0.3) is 0 Å². The SMILES string of the molecule is CCCCCCCCCCCCCCCCCC(=O)CC(C)CCCC(C)[C@H]1CC[C@H]2[C@@H]3CC=C4C[C@@H](O)CC[C@]4(C)[C@H]3CC[C@]12C. The van der Waals surface area contributed by atoms with Gasteiger partial charge in [0, 0.05) is 12.8 Å². The van der Waals surface area contributed by atoms with Crippen molar-refractivity contribution in [2.75, 3.05) is 0 Å². The summed E-state index contributed by atoms with van der Waals surface area (Å²) in [5.74, 6) is 5.36. The molecule has 2 heteroatoms. The molecule has 0 amide bonds. The number of unbranched alkanes of at least 4 members (excludes halogenated alkanes) is 14. The third-order valence-corrected chi connectivity index (χ3v) is 14.8. The molecule has 272 valence electrons. The molecule has 0 heterocycles. The second-order valence-electron chi connectivity index (χ2n) is 18.3. The molecule has 0 bridgehead atoms. The first-order chi connectivity index (χ1) is 22.7. The average molecular weight is 653 g/mol. The van der Waals surface area contributed by atoms with Gasteiger partial charge in [-0.25, -0.2) is 0 Å². The molecule has 0 aromatic carbocycles. The van der Waals surface area contributed by atoms with Crippen LogP contribution in [0.1, 0.15) is 214 Å². The van der Waals surface area contributed by atoms with E-state index < -0.39 is 0 Å². The lowest BCUT2D eigenvalue weighted by Crippen LogP contribution is -2.50. The monoisotopic (exact) mass is 653 g/mol. The Bertz CT molecular complexity index is 936. The van der Waals surface area contributed by atoms with Crippen molar-refractivity contribution in [3.63, 3.8) is 0 Å². The second kappa shape index (κ2) is 19.7. The lowest BCUT2D eigenvalue weighted by Gasteiger charge is -2.58. The molecule has 0 aromatic rings. The van der Waals surface area contributed by atoms with Gasteiger partial charge in [-0.2, -0.15) is 0 Å². The Balaban J connectivity index is 1.03. The number of aliphatic hydroxyl groups is 1. The number of carbonyl (C=O) groups is 1. The molecule has 4 rings (SSSR count). The quantitative estimate of drug-likeness (QED) is 0.0881. The summed E-state index contributed by atoms with van der Waals surface area (Å²) in [6.07, 6.45) is 38.8. The Morgan fingerprint density at radius 2 is 1.38 bits per heavy atom. The molecule has 0 aromatic heterocycles. The minimum Gasteiger partial charge on any atom is -0.393 e. The normalized spacial score (nSPS) is 33.1. The standard InChI is InChI=1S/C45H80O2/c1-6-7-8-9-10-11-12-13-14-15-16-17-18-19-20-24-38(46)33-35(2)22-21-23-36(3)41-27-28-42-40-26-25-37-34-39(47)29-31-44(37,4)43(40)30-32-45(41,42)5/h25,35-36,39-43,47H,6-24,26-34H2,1-5H3/t35?,36?,39-,40-,41+,42-,43-,44-,45+/m0/s1. The van der Waals surface area contributed by atoms with Gasteiger partial charge in [-0.3, -0.25) is 4.79 Å². The Labute approximate surface area is 293 Å². The van der Waals surface area contributed by atoms with Crippen molar-refractivity contribution in [1.29, 1.82) is 0 Å². The molecule has 0 spiro atoms. The largest absolute Gasteiger partial charge is 0.393 e. The zero-order valence-corrected chi connectivity index (χ0v) is 32.3. The maximum absolute atomic E-state index is 12.7. The molecule has 3 saturated carbocycles. The summed E-state index contributed by atoms with van der Waals surface area (Å²) in [5, 5.41) is 10.3. The highest BCUT2D eigenvalue weighted by atomic mass is 16.3. The third kappa shape index (κ3) is 10.9. The van der Waals surface area contributed by atoms with E-state index >= 15 is 0 Å². The van der Waals surface area contributed by atoms with E-state index in [-0.39, 0.29) is 6.10 Å². The summed E-state index contributed by atoms with van der Waals surface area (Å²) in [4.78, 5) is 12.7. The van der Waals surface area contributed by atoms with E-state index in [0.29, 0.717) is 22.5 Å². The van der Waals surface area contributed by atoms with Gasteiger partial charge in [0.25, 0.3) is 0 Å². The van der Waals surface area contributed by atoms with Crippen molar-refractivity contribution < 1.29 is 9.90 Å². The fourth-order valence-corrected chi connectivity index (χ4v) is 11.9. The summed E-state index contributed by atoms with van der Waals surface area (Å²) in [6, 6.07) is 0. The highest BCUT2D eigenvalue weighted by molar-refractivity contribution is 5.78. The summed E-state index contributed by atoms with van der Waals surface area (Å²) in [5.41, 5.74) is 2.48. The number of hydrogen-bond donors (Lipinski definition) is 1. The average Bonchev–Trinajstić information content (AvgIpc) is 3.40. The molecule has 4 aliphatic rings. The predicted octanol–water partition coefficient (Wildman–Crippen LogP) is 13.6. The van der Waals surface area contributed by atoms with E-state index in [2.05, 4.69) is 40.7 Å². The van der Waals surface area contributed by atoms with Crippen LogP contribution in [0, 0.1) is 46.3 Å².